The summed E-state index contributed by atoms with van der Waals surface area (Å²) in [5.74, 6) is 1.86. The van der Waals surface area contributed by atoms with Gasteiger partial charge in [-0.3, -0.25) is 29.4 Å². The molecule has 2 aromatic rings. The van der Waals surface area contributed by atoms with Gasteiger partial charge >= 0.3 is 0 Å². The zero-order valence-electron chi connectivity index (χ0n) is 25.4. The number of amides is 4. The zero-order valence-corrected chi connectivity index (χ0v) is 26.4. The summed E-state index contributed by atoms with van der Waals surface area (Å²) in [4.78, 5) is 50.8. The molecule has 2 aliphatic rings. The molecule has 11 nitrogen and oxygen atoms in total. The average Bonchev–Trinajstić information content (AvgIpc) is 3.24. The summed E-state index contributed by atoms with van der Waals surface area (Å²) in [6.45, 7) is 9.95. The van der Waals surface area contributed by atoms with Crippen LogP contribution in [0.3, 0.4) is 0 Å². The van der Waals surface area contributed by atoms with Crippen LogP contribution in [-0.2, 0) is 23.8 Å². The van der Waals surface area contributed by atoms with E-state index >= 15 is 0 Å². The number of anilines is 1. The number of benzene rings is 2. The lowest BCUT2D eigenvalue weighted by atomic mass is 10.0. The summed E-state index contributed by atoms with van der Waals surface area (Å²) in [6, 6.07) is 11.7. The number of hydrogen-bond acceptors (Lipinski definition) is 9. The number of hydrogen-bond donors (Lipinski definition) is 2. The van der Waals surface area contributed by atoms with E-state index in [2.05, 4.69) is 41.7 Å². The Morgan fingerprint density at radius 3 is 2.18 bits per heavy atom. The van der Waals surface area contributed by atoms with Crippen LogP contribution in [-0.4, -0.2) is 95.4 Å². The highest BCUT2D eigenvalue weighted by Crippen LogP contribution is 2.32. The summed E-state index contributed by atoms with van der Waals surface area (Å²) >= 11 is 0. The zero-order chi connectivity index (χ0) is 31.5. The Morgan fingerprint density at radius 2 is 1.52 bits per heavy atom. The Labute approximate surface area is 258 Å². The molecule has 0 aliphatic carbocycles. The SMILES string of the molecule is C[Si](C)(C)C#Cc1ccc(OCCOCCOCCOCCNc2cccc3c2C(=O)N(C2CCC(=O)NC2=O)C3=O)cc1. The van der Waals surface area contributed by atoms with Gasteiger partial charge < -0.3 is 24.3 Å². The van der Waals surface area contributed by atoms with Crippen molar-refractivity contribution in [1.82, 2.24) is 10.2 Å². The van der Waals surface area contributed by atoms with E-state index in [-0.39, 0.29) is 24.0 Å². The maximum atomic E-state index is 13.1. The minimum Gasteiger partial charge on any atom is -0.491 e. The summed E-state index contributed by atoms with van der Waals surface area (Å²) in [7, 11) is -1.39. The first-order valence-electron chi connectivity index (χ1n) is 14.7. The van der Waals surface area contributed by atoms with Crippen LogP contribution in [0.1, 0.15) is 39.1 Å². The van der Waals surface area contributed by atoms with E-state index in [9.17, 15) is 19.2 Å². The minimum atomic E-state index is -1.39. The maximum Gasteiger partial charge on any atom is 0.264 e. The van der Waals surface area contributed by atoms with Crippen molar-refractivity contribution in [3.05, 3.63) is 59.2 Å². The molecule has 12 heteroatoms. The second-order valence-corrected chi connectivity index (χ2v) is 16.1. The lowest BCUT2D eigenvalue weighted by Crippen LogP contribution is -2.54. The number of carbonyl (C=O) groups is 4. The standard InChI is InChI=1S/C32H39N3O8Si/c1-44(2,3)22-13-23-7-9-24(10-8-23)43-21-20-42-19-18-41-17-16-40-15-14-33-26-6-4-5-25-29(26)32(39)35(31(25)38)27-11-12-28(36)34-30(27)37/h4-10,27,33H,11-12,14-21H2,1-3H3,(H,34,36,37). The third-order valence-corrected chi connectivity index (χ3v) is 7.58. The highest BCUT2D eigenvalue weighted by molar-refractivity contribution is 6.83. The fourth-order valence-electron chi connectivity index (χ4n) is 4.57. The van der Waals surface area contributed by atoms with Gasteiger partial charge in [-0.15, -0.1) is 5.54 Å². The normalized spacial score (nSPS) is 16.3. The third-order valence-electron chi connectivity index (χ3n) is 6.71. The molecule has 44 heavy (non-hydrogen) atoms. The van der Waals surface area contributed by atoms with E-state index in [4.69, 9.17) is 18.9 Å². The smallest absolute Gasteiger partial charge is 0.264 e. The van der Waals surface area contributed by atoms with Crippen molar-refractivity contribution in [2.45, 2.75) is 38.5 Å². The fraction of sp³-hybridized carbons (Fsp3) is 0.438. The highest BCUT2D eigenvalue weighted by Gasteiger charge is 2.45. The van der Waals surface area contributed by atoms with E-state index < -0.39 is 37.7 Å². The van der Waals surface area contributed by atoms with Gasteiger partial charge in [-0.05, 0) is 42.8 Å². The van der Waals surface area contributed by atoms with Crippen LogP contribution in [0.2, 0.25) is 19.6 Å². The predicted octanol–water partition coefficient (Wildman–Crippen LogP) is 2.86. The molecule has 0 bridgehead atoms. The summed E-state index contributed by atoms with van der Waals surface area (Å²) in [5.41, 5.74) is 5.27. The van der Waals surface area contributed by atoms with Gasteiger partial charge in [-0.1, -0.05) is 31.6 Å². The lowest BCUT2D eigenvalue weighted by Gasteiger charge is -2.27. The number of imide groups is 2. The quantitative estimate of drug-likeness (QED) is 0.133. The number of piperidine rings is 1. The van der Waals surface area contributed by atoms with Crippen molar-refractivity contribution in [2.24, 2.45) is 0 Å². The molecule has 0 spiro atoms. The molecular weight excluding hydrogens is 582 g/mol. The summed E-state index contributed by atoms with van der Waals surface area (Å²) in [6.07, 6.45) is 0.184. The van der Waals surface area contributed by atoms with Gasteiger partial charge in [0.2, 0.25) is 11.8 Å². The van der Waals surface area contributed by atoms with E-state index in [1.165, 1.54) is 0 Å². The molecule has 1 saturated heterocycles. The van der Waals surface area contributed by atoms with Crippen molar-refractivity contribution in [2.75, 3.05) is 58.1 Å². The molecule has 1 atom stereocenters. The van der Waals surface area contributed by atoms with Gasteiger partial charge in [-0.2, -0.15) is 0 Å². The molecule has 4 rings (SSSR count). The van der Waals surface area contributed by atoms with Crippen LogP contribution in [0.25, 0.3) is 0 Å². The van der Waals surface area contributed by atoms with Crippen molar-refractivity contribution in [1.29, 1.82) is 0 Å². The van der Waals surface area contributed by atoms with Gasteiger partial charge in [0.25, 0.3) is 11.8 Å². The molecule has 2 aliphatic heterocycles. The Balaban J connectivity index is 1.05. The van der Waals surface area contributed by atoms with Gasteiger partial charge in [-0.25, -0.2) is 0 Å². The molecule has 1 fully saturated rings. The maximum absolute atomic E-state index is 13.1. The monoisotopic (exact) mass is 621 g/mol. The molecule has 0 saturated carbocycles. The van der Waals surface area contributed by atoms with Crippen LogP contribution in [0.4, 0.5) is 5.69 Å². The van der Waals surface area contributed by atoms with Gasteiger partial charge in [0.05, 0.1) is 50.8 Å². The highest BCUT2D eigenvalue weighted by atomic mass is 28.3. The van der Waals surface area contributed by atoms with Crippen molar-refractivity contribution >= 4 is 37.4 Å². The van der Waals surface area contributed by atoms with Crippen LogP contribution >= 0.6 is 0 Å². The molecule has 2 aromatic carbocycles. The number of nitrogens with zero attached hydrogens (tertiary/aromatic N) is 1. The Bertz CT molecular complexity index is 1410. The van der Waals surface area contributed by atoms with Gasteiger partial charge in [0.1, 0.15) is 26.5 Å². The second kappa shape index (κ2) is 15.6. The summed E-state index contributed by atoms with van der Waals surface area (Å²) in [5, 5.41) is 5.34. The molecular formula is C32H39N3O8Si. The van der Waals surface area contributed by atoms with E-state index in [1.807, 2.05) is 24.3 Å². The molecule has 0 radical (unpaired) electrons. The van der Waals surface area contributed by atoms with E-state index in [1.54, 1.807) is 18.2 Å². The van der Waals surface area contributed by atoms with Crippen molar-refractivity contribution in [3.8, 4) is 17.2 Å². The van der Waals surface area contributed by atoms with Gasteiger partial charge in [0, 0.05) is 24.2 Å². The molecule has 1 unspecified atom stereocenters. The first-order chi connectivity index (χ1) is 21.1. The topological polar surface area (TPSA) is 132 Å². The first-order valence-corrected chi connectivity index (χ1v) is 18.2. The number of nitrogens with one attached hydrogen (secondary N) is 2. The number of carbonyl (C=O) groups excluding carboxylic acids is 4. The first kappa shape index (κ1) is 32.9. The van der Waals surface area contributed by atoms with Crippen LogP contribution in [0.5, 0.6) is 5.75 Å². The van der Waals surface area contributed by atoms with Crippen LogP contribution in [0.15, 0.2) is 42.5 Å². The second-order valence-electron chi connectivity index (χ2n) is 11.3. The van der Waals surface area contributed by atoms with Crippen LogP contribution in [0, 0.1) is 11.5 Å². The number of fused-ring (bicyclic) bond motifs is 1. The third kappa shape index (κ3) is 9.24. The Kier molecular flexibility index (Phi) is 11.7. The molecule has 0 aromatic heterocycles. The van der Waals surface area contributed by atoms with E-state index in [0.29, 0.717) is 58.5 Å². The van der Waals surface area contributed by atoms with Crippen LogP contribution < -0.4 is 15.4 Å². The molecule has 4 amide bonds. The average molecular weight is 622 g/mol. The molecule has 234 valence electrons. The predicted molar refractivity (Wildman–Crippen MR) is 166 cm³/mol. The fourth-order valence-corrected chi connectivity index (χ4v) is 5.09. The lowest BCUT2D eigenvalue weighted by molar-refractivity contribution is -0.136. The molecule has 2 N–H and O–H groups in total. The molecule has 2 heterocycles. The Hall–Kier alpha value is -4.02. The Morgan fingerprint density at radius 1 is 0.864 bits per heavy atom. The minimum absolute atomic E-state index is 0.0728. The van der Waals surface area contributed by atoms with Crippen molar-refractivity contribution in [3.63, 3.8) is 0 Å². The van der Waals surface area contributed by atoms with Gasteiger partial charge in [0.15, 0.2) is 0 Å². The number of rotatable bonds is 15. The van der Waals surface area contributed by atoms with E-state index in [0.717, 1.165) is 16.2 Å². The van der Waals surface area contributed by atoms with Crippen molar-refractivity contribution < 1.29 is 38.1 Å². The summed E-state index contributed by atoms with van der Waals surface area (Å²) < 4.78 is 22.4. The largest absolute Gasteiger partial charge is 0.491 e. The number of ether oxygens (including phenoxy) is 4.